The van der Waals surface area contributed by atoms with Crippen LogP contribution < -0.4 is 15.4 Å². The van der Waals surface area contributed by atoms with E-state index >= 15 is 0 Å². The number of hydrogen-bond acceptors (Lipinski definition) is 7. The summed E-state index contributed by atoms with van der Waals surface area (Å²) in [5.74, 6) is -1.87. The van der Waals surface area contributed by atoms with Crippen LogP contribution in [0.5, 0.6) is 0 Å². The fraction of sp³-hybridized carbons (Fsp3) is 0.676. The molecule has 0 unspecified atom stereocenters. The van der Waals surface area contributed by atoms with Gasteiger partial charge >= 0.3 is 6.09 Å². The van der Waals surface area contributed by atoms with E-state index in [-0.39, 0.29) is 44.8 Å². The molecule has 1 saturated heterocycles. The highest BCUT2D eigenvalue weighted by molar-refractivity contribution is 7.90. The van der Waals surface area contributed by atoms with Gasteiger partial charge in [-0.2, -0.15) is 0 Å². The summed E-state index contributed by atoms with van der Waals surface area (Å²) in [7, 11) is -4.29. The first-order valence-electron chi connectivity index (χ1n) is 18.0. The van der Waals surface area contributed by atoms with Gasteiger partial charge in [-0.3, -0.25) is 14.4 Å². The molecule has 5 aliphatic rings. The number of para-hydroxylation sites is 1. The number of alkyl carbamates (subject to hydrolysis) is 1. The Kier molecular flexibility index (Phi) is 7.80. The predicted octanol–water partition coefficient (Wildman–Crippen LogP) is 4.60. The molecular formula is C37H51N5O7S. The minimum atomic E-state index is -4.29. The van der Waals surface area contributed by atoms with Gasteiger partial charge in [0.15, 0.2) is 0 Å². The fourth-order valence-electron chi connectivity index (χ4n) is 9.86. The first-order valence-corrected chi connectivity index (χ1v) is 19.5. The van der Waals surface area contributed by atoms with Crippen LogP contribution in [0, 0.1) is 34.0 Å². The summed E-state index contributed by atoms with van der Waals surface area (Å²) in [5.41, 5.74) is -2.13. The predicted molar refractivity (Wildman–Crippen MR) is 186 cm³/mol. The Labute approximate surface area is 294 Å². The second-order valence-electron chi connectivity index (χ2n) is 17.4. The lowest BCUT2D eigenvalue weighted by molar-refractivity contribution is -0.142. The summed E-state index contributed by atoms with van der Waals surface area (Å²) in [6.45, 7) is 13.8. The minimum absolute atomic E-state index is 0.0254. The van der Waals surface area contributed by atoms with Gasteiger partial charge in [-0.1, -0.05) is 46.2 Å². The van der Waals surface area contributed by atoms with Crippen LogP contribution in [0.3, 0.4) is 0 Å². The molecule has 4 amide bonds. The summed E-state index contributed by atoms with van der Waals surface area (Å²) in [4.78, 5) is 60.5. The molecule has 13 heteroatoms. The summed E-state index contributed by atoms with van der Waals surface area (Å²) in [6.07, 6.45) is 6.67. The third-order valence-corrected chi connectivity index (χ3v) is 14.4. The van der Waals surface area contributed by atoms with Crippen LogP contribution in [0.2, 0.25) is 0 Å². The normalized spacial score (nSPS) is 29.8. The molecule has 4 saturated carbocycles. The lowest BCUT2D eigenvalue weighted by Crippen LogP contribution is -2.59. The highest BCUT2D eigenvalue weighted by atomic mass is 32.2. The van der Waals surface area contributed by atoms with Gasteiger partial charge in [-0.15, -0.1) is 0 Å². The molecular weight excluding hydrogens is 659 g/mol. The molecule has 1 aliphatic heterocycles. The van der Waals surface area contributed by atoms with Gasteiger partial charge in [-0.05, 0) is 100 Å². The number of H-pyrrole nitrogens is 1. The maximum absolute atomic E-state index is 14.6. The molecule has 4 N–H and O–H groups in total. The standard InChI is InChI=1S/C37H51N5O7S/c1-21(2)27(39-32(46)49-33(3,4)5)30(44)42-20-36(34(6,7)35(36)15-9-16-35)19-25(42)29(43)40-37(18-24(37)22-12-13-22)31(45)41-50(47,48)26-11-8-10-23-14-17-38-28(23)26/h8,10-11,14,17,21-22,24-25,27,38H,9,12-13,15-16,18-20H2,1-7H3,(H,39,46)(H,40,43)(H,41,45)/t24-,25-,27-,36+,37+/m0/s1. The number of ether oxygens (including phenoxy) is 1. The van der Waals surface area contributed by atoms with E-state index < -0.39 is 51.2 Å². The topological polar surface area (TPSA) is 167 Å². The number of sulfonamides is 1. The molecule has 4 aliphatic carbocycles. The van der Waals surface area contributed by atoms with Crippen LogP contribution in [-0.4, -0.2) is 71.9 Å². The highest BCUT2D eigenvalue weighted by Crippen LogP contribution is 2.88. The number of carbonyl (C=O) groups excluding carboxylic acids is 4. The number of amides is 4. The molecule has 0 radical (unpaired) electrons. The molecule has 2 spiro atoms. The van der Waals surface area contributed by atoms with E-state index in [9.17, 15) is 27.6 Å². The summed E-state index contributed by atoms with van der Waals surface area (Å²) in [5, 5.41) is 6.50. The van der Waals surface area contributed by atoms with Crippen molar-refractivity contribution in [1.29, 1.82) is 0 Å². The monoisotopic (exact) mass is 709 g/mol. The average Bonchev–Trinajstić information content (AvgIpc) is 3.91. The van der Waals surface area contributed by atoms with Gasteiger partial charge in [0.05, 0.1) is 5.52 Å². The van der Waals surface area contributed by atoms with Crippen LogP contribution in [0.25, 0.3) is 10.9 Å². The molecule has 1 aromatic carbocycles. The fourth-order valence-corrected chi connectivity index (χ4v) is 11.1. The molecule has 50 heavy (non-hydrogen) atoms. The molecule has 2 heterocycles. The Hall–Kier alpha value is -3.61. The van der Waals surface area contributed by atoms with E-state index in [1.165, 1.54) is 6.07 Å². The first-order chi connectivity index (χ1) is 23.3. The zero-order valence-electron chi connectivity index (χ0n) is 30.1. The average molecular weight is 710 g/mol. The zero-order chi connectivity index (χ0) is 36.2. The van der Waals surface area contributed by atoms with Gasteiger partial charge in [0.1, 0.15) is 28.1 Å². The molecule has 12 nitrogen and oxygen atoms in total. The largest absolute Gasteiger partial charge is 0.444 e. The quantitative estimate of drug-likeness (QED) is 0.295. The molecule has 0 bridgehead atoms. The van der Waals surface area contributed by atoms with Crippen molar-refractivity contribution < 1.29 is 32.3 Å². The van der Waals surface area contributed by atoms with Crippen LogP contribution in [0.4, 0.5) is 4.79 Å². The van der Waals surface area contributed by atoms with E-state index in [1.54, 1.807) is 50.1 Å². The Balaban J connectivity index is 1.17. The van der Waals surface area contributed by atoms with Crippen LogP contribution in [0.1, 0.15) is 93.4 Å². The second kappa shape index (κ2) is 11.2. The highest BCUT2D eigenvalue weighted by Gasteiger charge is 2.85. The van der Waals surface area contributed by atoms with E-state index in [0.717, 1.165) is 32.1 Å². The van der Waals surface area contributed by atoms with Crippen molar-refractivity contribution in [3.8, 4) is 0 Å². The number of nitrogens with one attached hydrogen (secondary N) is 4. The number of carbonyl (C=O) groups is 4. The number of likely N-dealkylation sites (tertiary alicyclic amines) is 1. The Morgan fingerprint density at radius 2 is 1.72 bits per heavy atom. The number of aromatic amines is 1. The van der Waals surface area contributed by atoms with Crippen molar-refractivity contribution in [2.45, 2.75) is 122 Å². The van der Waals surface area contributed by atoms with Crippen molar-refractivity contribution in [1.82, 2.24) is 25.2 Å². The molecule has 272 valence electrons. The molecule has 5 atom stereocenters. The maximum atomic E-state index is 14.6. The van der Waals surface area contributed by atoms with Crippen molar-refractivity contribution >= 4 is 44.7 Å². The number of aromatic nitrogens is 1. The maximum Gasteiger partial charge on any atom is 0.408 e. The Morgan fingerprint density at radius 3 is 2.30 bits per heavy atom. The van der Waals surface area contributed by atoms with Crippen molar-refractivity contribution in [2.24, 2.45) is 34.0 Å². The third-order valence-electron chi connectivity index (χ3n) is 13.0. The molecule has 5 fully saturated rings. The van der Waals surface area contributed by atoms with Gasteiger partial charge in [0.2, 0.25) is 11.8 Å². The van der Waals surface area contributed by atoms with E-state index in [0.29, 0.717) is 30.3 Å². The van der Waals surface area contributed by atoms with Crippen LogP contribution >= 0.6 is 0 Å². The van der Waals surface area contributed by atoms with E-state index in [1.807, 2.05) is 13.8 Å². The number of benzene rings is 1. The van der Waals surface area contributed by atoms with Crippen LogP contribution in [-0.2, 0) is 29.1 Å². The number of hydrogen-bond donors (Lipinski definition) is 4. The van der Waals surface area contributed by atoms with Crippen molar-refractivity contribution in [3.05, 3.63) is 30.5 Å². The Morgan fingerprint density at radius 1 is 1.02 bits per heavy atom. The second-order valence-corrected chi connectivity index (χ2v) is 19.1. The van der Waals surface area contributed by atoms with Crippen LogP contribution in [0.15, 0.2) is 35.4 Å². The lowest BCUT2D eigenvalue weighted by atomic mass is 9.73. The van der Waals surface area contributed by atoms with E-state index in [4.69, 9.17) is 4.74 Å². The van der Waals surface area contributed by atoms with E-state index in [2.05, 4.69) is 34.2 Å². The third kappa shape index (κ3) is 5.23. The SMILES string of the molecule is CC(C)[C@H](NC(=O)OC(C)(C)C)C(=O)N1C[C@]2(C[C@H]1C(=O)N[C@]1(C(=O)NS(=O)(=O)c3cccc4cc[nH]c34)C[C@H]1C1CC1)C(C)(C)C21CCC1. The van der Waals surface area contributed by atoms with Gasteiger partial charge in [0.25, 0.3) is 15.9 Å². The Bertz CT molecular complexity index is 1870. The number of fused-ring (bicyclic) bond motifs is 2. The first kappa shape index (κ1) is 34.8. The molecule has 7 rings (SSSR count). The van der Waals surface area contributed by atoms with Gasteiger partial charge in [0, 0.05) is 23.5 Å². The minimum Gasteiger partial charge on any atom is -0.444 e. The van der Waals surface area contributed by atoms with Crippen molar-refractivity contribution in [3.63, 3.8) is 0 Å². The van der Waals surface area contributed by atoms with Gasteiger partial charge in [-0.25, -0.2) is 17.9 Å². The smallest absolute Gasteiger partial charge is 0.408 e. The molecule has 2 aromatic rings. The zero-order valence-corrected chi connectivity index (χ0v) is 31.0. The van der Waals surface area contributed by atoms with Gasteiger partial charge < -0.3 is 25.3 Å². The number of rotatable bonds is 9. The lowest BCUT2D eigenvalue weighted by Gasteiger charge is -2.33. The summed E-state index contributed by atoms with van der Waals surface area (Å²) >= 11 is 0. The molecule has 1 aromatic heterocycles. The summed E-state index contributed by atoms with van der Waals surface area (Å²) in [6, 6.07) is 4.77. The number of nitrogens with zero attached hydrogens (tertiary/aromatic N) is 1. The van der Waals surface area contributed by atoms with Crippen molar-refractivity contribution in [2.75, 3.05) is 6.54 Å². The summed E-state index contributed by atoms with van der Waals surface area (Å²) < 4.78 is 35.1.